The first-order valence-corrected chi connectivity index (χ1v) is 11.6. The smallest absolute Gasteiger partial charge is 0.306 e. The molecule has 2 heterocycles. The first kappa shape index (κ1) is 22.4. The van der Waals surface area contributed by atoms with E-state index in [1.807, 2.05) is 45.9 Å². The second kappa shape index (κ2) is 8.60. The summed E-state index contributed by atoms with van der Waals surface area (Å²) in [6.07, 6.45) is 4.36. The normalized spacial score (nSPS) is 25.5. The third kappa shape index (κ3) is 4.25. The largest absolute Gasteiger partial charge is 0.481 e. The molecular formula is C24H28N4O3S. The third-order valence-corrected chi connectivity index (χ3v) is 7.83. The Kier molecular flexibility index (Phi) is 6.01. The quantitative estimate of drug-likeness (QED) is 0.504. The molecule has 3 aromatic rings. The Hall–Kier alpha value is -2.84. The Morgan fingerprint density at radius 1 is 1.22 bits per heavy atom. The molecule has 0 aliphatic heterocycles. The molecule has 0 radical (unpaired) electrons. The third-order valence-electron chi connectivity index (χ3n) is 6.62. The summed E-state index contributed by atoms with van der Waals surface area (Å²) in [6.45, 7) is 7.79. The van der Waals surface area contributed by atoms with Crippen molar-refractivity contribution in [3.63, 3.8) is 0 Å². The lowest BCUT2D eigenvalue weighted by atomic mass is 9.65. The lowest BCUT2D eigenvalue weighted by Crippen LogP contribution is -2.45. The number of rotatable bonds is 5. The highest BCUT2D eigenvalue weighted by molar-refractivity contribution is 7.15. The van der Waals surface area contributed by atoms with Crippen molar-refractivity contribution >= 4 is 28.9 Å². The molecule has 1 aromatic carbocycles. The van der Waals surface area contributed by atoms with E-state index in [-0.39, 0.29) is 11.8 Å². The van der Waals surface area contributed by atoms with Crippen molar-refractivity contribution in [3.8, 4) is 10.4 Å². The number of benzene rings is 1. The Bertz CT molecular complexity index is 1150. The van der Waals surface area contributed by atoms with Gasteiger partial charge in [-0.25, -0.2) is 15.0 Å². The van der Waals surface area contributed by atoms with Gasteiger partial charge in [-0.05, 0) is 67.9 Å². The van der Waals surface area contributed by atoms with Crippen LogP contribution in [0.2, 0.25) is 0 Å². The van der Waals surface area contributed by atoms with Crippen LogP contribution in [0, 0.1) is 31.6 Å². The van der Waals surface area contributed by atoms with Gasteiger partial charge in [0, 0.05) is 23.8 Å². The minimum absolute atomic E-state index is 0.136. The molecule has 4 atom stereocenters. The molecule has 1 aliphatic rings. The summed E-state index contributed by atoms with van der Waals surface area (Å²) >= 11 is 1.47. The summed E-state index contributed by atoms with van der Waals surface area (Å²) in [4.78, 5) is 25.7. The molecule has 0 saturated heterocycles. The number of anilines is 2. The molecule has 4 unspecified atom stereocenters. The lowest BCUT2D eigenvalue weighted by molar-refractivity contribution is -0.153. The second-order valence-corrected chi connectivity index (χ2v) is 9.85. The van der Waals surface area contributed by atoms with Crippen LogP contribution in [0.3, 0.4) is 0 Å². The molecule has 1 saturated carbocycles. The van der Waals surface area contributed by atoms with Crippen LogP contribution >= 0.6 is 11.3 Å². The van der Waals surface area contributed by atoms with Crippen LogP contribution in [0.25, 0.3) is 10.4 Å². The number of hydrogen-bond donors (Lipinski definition) is 3. The van der Waals surface area contributed by atoms with Gasteiger partial charge in [-0.2, -0.15) is 0 Å². The molecular weight excluding hydrogens is 424 g/mol. The highest BCUT2D eigenvalue weighted by atomic mass is 32.1. The number of carbonyl (C=O) groups is 1. The fourth-order valence-electron chi connectivity index (χ4n) is 4.54. The number of nitrogens with one attached hydrogen (secondary N) is 1. The molecule has 1 aliphatic carbocycles. The average molecular weight is 453 g/mol. The van der Waals surface area contributed by atoms with Gasteiger partial charge in [0.15, 0.2) is 0 Å². The molecule has 32 heavy (non-hydrogen) atoms. The summed E-state index contributed by atoms with van der Waals surface area (Å²) < 4.78 is 0. The van der Waals surface area contributed by atoms with Crippen molar-refractivity contribution in [1.82, 2.24) is 15.0 Å². The van der Waals surface area contributed by atoms with Crippen molar-refractivity contribution in [1.29, 1.82) is 0 Å². The number of carboxylic acid groups (broad SMARTS) is 1. The van der Waals surface area contributed by atoms with E-state index in [2.05, 4.69) is 26.3 Å². The number of thiazole rings is 1. The van der Waals surface area contributed by atoms with Gasteiger partial charge in [-0.15, -0.1) is 11.3 Å². The molecule has 2 aromatic heterocycles. The molecule has 1 fully saturated rings. The fourth-order valence-corrected chi connectivity index (χ4v) is 5.66. The predicted molar refractivity (Wildman–Crippen MR) is 125 cm³/mol. The van der Waals surface area contributed by atoms with E-state index in [1.165, 1.54) is 11.3 Å². The van der Waals surface area contributed by atoms with E-state index in [4.69, 9.17) is 0 Å². The van der Waals surface area contributed by atoms with Gasteiger partial charge in [0.1, 0.15) is 10.6 Å². The summed E-state index contributed by atoms with van der Waals surface area (Å²) in [5, 5.41) is 24.9. The van der Waals surface area contributed by atoms with Crippen LogP contribution in [0.15, 0.2) is 36.7 Å². The fraction of sp³-hybridized carbons (Fsp3) is 0.417. The van der Waals surface area contributed by atoms with Crippen LogP contribution in [-0.2, 0) is 10.4 Å². The number of aliphatic carboxylic acids is 1. The van der Waals surface area contributed by atoms with E-state index in [0.29, 0.717) is 23.8 Å². The second-order valence-electron chi connectivity index (χ2n) is 8.82. The van der Waals surface area contributed by atoms with Gasteiger partial charge in [0.2, 0.25) is 5.95 Å². The summed E-state index contributed by atoms with van der Waals surface area (Å²) in [5.41, 5.74) is 2.72. The minimum Gasteiger partial charge on any atom is -0.481 e. The number of aromatic nitrogens is 3. The minimum atomic E-state index is -1.12. The van der Waals surface area contributed by atoms with Crippen LogP contribution < -0.4 is 5.32 Å². The number of carboxylic acids is 1. The number of aryl methyl sites for hydroxylation is 2. The van der Waals surface area contributed by atoms with Crippen molar-refractivity contribution in [2.24, 2.45) is 17.8 Å². The molecule has 0 bridgehead atoms. The predicted octanol–water partition coefficient (Wildman–Crippen LogP) is 4.91. The number of hydrogen-bond acceptors (Lipinski definition) is 7. The Balaban J connectivity index is 1.61. The molecule has 7 nitrogen and oxygen atoms in total. The lowest BCUT2D eigenvalue weighted by Gasteiger charge is -2.43. The van der Waals surface area contributed by atoms with Crippen molar-refractivity contribution in [3.05, 3.63) is 52.9 Å². The van der Waals surface area contributed by atoms with Gasteiger partial charge < -0.3 is 15.5 Å². The van der Waals surface area contributed by atoms with Crippen molar-refractivity contribution < 1.29 is 15.0 Å². The Morgan fingerprint density at radius 3 is 2.72 bits per heavy atom. The molecule has 4 rings (SSSR count). The van der Waals surface area contributed by atoms with Crippen LogP contribution in [0.4, 0.5) is 11.6 Å². The molecule has 0 spiro atoms. The van der Waals surface area contributed by atoms with Gasteiger partial charge >= 0.3 is 5.97 Å². The molecule has 3 N–H and O–H groups in total. The van der Waals surface area contributed by atoms with Crippen molar-refractivity contribution in [2.45, 2.75) is 46.1 Å². The summed E-state index contributed by atoms with van der Waals surface area (Å²) in [5.74, 6) is -1.02. The highest BCUT2D eigenvalue weighted by Crippen LogP contribution is 2.48. The highest BCUT2D eigenvalue weighted by Gasteiger charge is 2.48. The molecule has 0 amide bonds. The Morgan fingerprint density at radius 2 is 2.00 bits per heavy atom. The van der Waals surface area contributed by atoms with Gasteiger partial charge in [-0.1, -0.05) is 19.9 Å². The monoisotopic (exact) mass is 452 g/mol. The molecule has 168 valence electrons. The number of aliphatic hydroxyl groups is 1. The van der Waals surface area contributed by atoms with Gasteiger partial charge in [-0.3, -0.25) is 4.79 Å². The van der Waals surface area contributed by atoms with Gasteiger partial charge in [0.25, 0.3) is 0 Å². The summed E-state index contributed by atoms with van der Waals surface area (Å²) in [6, 6.07) is 7.98. The summed E-state index contributed by atoms with van der Waals surface area (Å²) in [7, 11) is 0. The zero-order chi connectivity index (χ0) is 23.0. The average Bonchev–Trinajstić information content (AvgIpc) is 3.22. The maximum absolute atomic E-state index is 11.6. The van der Waals surface area contributed by atoms with E-state index in [0.717, 1.165) is 27.4 Å². The van der Waals surface area contributed by atoms with Crippen LogP contribution in [-0.4, -0.2) is 31.1 Å². The Labute approximate surface area is 191 Å². The van der Waals surface area contributed by atoms with Gasteiger partial charge in [0.05, 0.1) is 10.8 Å². The van der Waals surface area contributed by atoms with Crippen molar-refractivity contribution in [2.75, 3.05) is 5.32 Å². The first-order chi connectivity index (χ1) is 15.2. The maximum Gasteiger partial charge on any atom is 0.306 e. The van der Waals surface area contributed by atoms with E-state index in [9.17, 15) is 15.0 Å². The van der Waals surface area contributed by atoms with E-state index >= 15 is 0 Å². The zero-order valence-corrected chi connectivity index (χ0v) is 19.5. The standard InChI is InChI=1S/C24H28N4O3S/c1-13-9-17(11-18(10-13)28-23-25-8-6-14(2)27-23)20-12-26-22(32-20)24(31)7-5-19(21(29)30)15(3)16(24)4/h6,8-12,15-16,19,31H,5,7H2,1-4H3,(H,29,30)(H,25,27,28). The topological polar surface area (TPSA) is 108 Å². The van der Waals surface area contributed by atoms with Crippen LogP contribution in [0.1, 0.15) is 43.0 Å². The van der Waals surface area contributed by atoms with E-state index in [1.54, 1.807) is 12.4 Å². The SMILES string of the molecule is Cc1cc(Nc2nccc(C)n2)cc(-c2cnc(C3(O)CCC(C(=O)O)C(C)C3C)s2)c1. The first-order valence-electron chi connectivity index (χ1n) is 10.8. The van der Waals surface area contributed by atoms with Crippen LogP contribution in [0.5, 0.6) is 0 Å². The number of nitrogens with zero attached hydrogens (tertiary/aromatic N) is 3. The maximum atomic E-state index is 11.6. The molecule has 8 heteroatoms. The van der Waals surface area contributed by atoms with E-state index < -0.39 is 17.5 Å². The zero-order valence-electron chi connectivity index (χ0n) is 18.7.